The number of piperazine rings is 1. The Hall–Kier alpha value is -1.10. The van der Waals surface area contributed by atoms with E-state index < -0.39 is 5.97 Å². The van der Waals surface area contributed by atoms with Gasteiger partial charge in [0.2, 0.25) is 0 Å². The Bertz CT molecular complexity index is 459. The quantitative estimate of drug-likeness (QED) is 0.907. The van der Waals surface area contributed by atoms with Gasteiger partial charge in [-0.05, 0) is 18.6 Å². The molecule has 20 heavy (non-hydrogen) atoms. The molecular formula is C15H21ClN2O2. The van der Waals surface area contributed by atoms with E-state index in [4.69, 9.17) is 16.7 Å². The monoisotopic (exact) mass is 296 g/mol. The van der Waals surface area contributed by atoms with Gasteiger partial charge in [-0.3, -0.25) is 9.69 Å². The van der Waals surface area contributed by atoms with Gasteiger partial charge in [-0.2, -0.15) is 0 Å². The van der Waals surface area contributed by atoms with Crippen molar-refractivity contribution in [2.24, 2.45) is 0 Å². The topological polar surface area (TPSA) is 43.8 Å². The van der Waals surface area contributed by atoms with Crippen LogP contribution in [0.1, 0.15) is 24.9 Å². The van der Waals surface area contributed by atoms with E-state index in [0.29, 0.717) is 12.6 Å². The van der Waals surface area contributed by atoms with Gasteiger partial charge in [-0.25, -0.2) is 0 Å². The van der Waals surface area contributed by atoms with Gasteiger partial charge < -0.3 is 10.0 Å². The maximum absolute atomic E-state index is 10.6. The second kappa shape index (κ2) is 7.07. The molecule has 1 saturated heterocycles. The number of hydrogen-bond acceptors (Lipinski definition) is 3. The number of hydrogen-bond donors (Lipinski definition) is 1. The van der Waals surface area contributed by atoms with Crippen LogP contribution in [0.15, 0.2) is 24.3 Å². The van der Waals surface area contributed by atoms with Gasteiger partial charge in [-0.15, -0.1) is 0 Å². The molecule has 1 aliphatic rings. The highest BCUT2D eigenvalue weighted by molar-refractivity contribution is 6.31. The Morgan fingerprint density at radius 2 is 1.95 bits per heavy atom. The Morgan fingerprint density at radius 1 is 1.30 bits per heavy atom. The Kier molecular flexibility index (Phi) is 5.40. The van der Waals surface area contributed by atoms with Gasteiger partial charge in [0.1, 0.15) is 0 Å². The highest BCUT2D eigenvalue weighted by atomic mass is 35.5. The molecule has 0 bridgehead atoms. The van der Waals surface area contributed by atoms with Crippen molar-refractivity contribution < 1.29 is 9.90 Å². The zero-order valence-corrected chi connectivity index (χ0v) is 12.5. The first-order valence-corrected chi connectivity index (χ1v) is 7.38. The molecule has 1 heterocycles. The fourth-order valence-corrected chi connectivity index (χ4v) is 2.93. The zero-order chi connectivity index (χ0) is 14.5. The number of benzene rings is 1. The van der Waals surface area contributed by atoms with Gasteiger partial charge in [0, 0.05) is 43.8 Å². The molecule has 1 aromatic carbocycles. The first-order valence-electron chi connectivity index (χ1n) is 7.00. The zero-order valence-electron chi connectivity index (χ0n) is 11.8. The number of nitrogens with zero attached hydrogens (tertiary/aromatic N) is 2. The van der Waals surface area contributed by atoms with Crippen LogP contribution in [0, 0.1) is 0 Å². The summed E-state index contributed by atoms with van der Waals surface area (Å²) in [6, 6.07) is 8.26. The van der Waals surface area contributed by atoms with Gasteiger partial charge >= 0.3 is 5.97 Å². The summed E-state index contributed by atoms with van der Waals surface area (Å²) in [5.41, 5.74) is 1.16. The minimum absolute atomic E-state index is 0.222. The van der Waals surface area contributed by atoms with Crippen LogP contribution in [0.25, 0.3) is 0 Å². The Morgan fingerprint density at radius 3 is 2.55 bits per heavy atom. The largest absolute Gasteiger partial charge is 0.481 e. The van der Waals surface area contributed by atoms with Crippen molar-refractivity contribution >= 4 is 17.6 Å². The van der Waals surface area contributed by atoms with E-state index in [1.807, 2.05) is 18.2 Å². The van der Waals surface area contributed by atoms with Crippen molar-refractivity contribution in [2.45, 2.75) is 19.4 Å². The molecule has 1 aliphatic heterocycles. The van der Waals surface area contributed by atoms with Gasteiger partial charge in [0.05, 0.1) is 6.42 Å². The molecule has 0 saturated carbocycles. The molecule has 110 valence electrons. The molecule has 1 atom stereocenters. The molecule has 0 spiro atoms. The van der Waals surface area contributed by atoms with Crippen LogP contribution in [0.5, 0.6) is 0 Å². The lowest BCUT2D eigenvalue weighted by Gasteiger charge is -2.38. The van der Waals surface area contributed by atoms with E-state index in [0.717, 1.165) is 36.8 Å². The molecule has 1 fully saturated rings. The lowest BCUT2D eigenvalue weighted by Crippen LogP contribution is -2.47. The third-order valence-electron chi connectivity index (χ3n) is 3.95. The van der Waals surface area contributed by atoms with Gasteiger partial charge in [0.25, 0.3) is 0 Å². The normalized spacial score (nSPS) is 18.9. The van der Waals surface area contributed by atoms with Crippen LogP contribution in [0.4, 0.5) is 0 Å². The summed E-state index contributed by atoms with van der Waals surface area (Å²) in [5.74, 6) is -0.725. The Balaban J connectivity index is 1.87. The van der Waals surface area contributed by atoms with E-state index in [2.05, 4.69) is 22.8 Å². The van der Waals surface area contributed by atoms with E-state index in [1.165, 1.54) is 0 Å². The number of aliphatic carboxylic acids is 1. The average Bonchev–Trinajstić information content (AvgIpc) is 2.45. The van der Waals surface area contributed by atoms with Crippen molar-refractivity contribution in [3.63, 3.8) is 0 Å². The van der Waals surface area contributed by atoms with Crippen molar-refractivity contribution in [1.29, 1.82) is 0 Å². The van der Waals surface area contributed by atoms with Crippen LogP contribution >= 0.6 is 11.6 Å². The second-order valence-corrected chi connectivity index (χ2v) is 5.63. The van der Waals surface area contributed by atoms with Crippen LogP contribution in [0.3, 0.4) is 0 Å². The molecule has 1 aromatic rings. The molecule has 0 aromatic heterocycles. The first-order chi connectivity index (χ1) is 9.58. The fourth-order valence-electron chi connectivity index (χ4n) is 2.64. The first kappa shape index (κ1) is 15.3. The lowest BCUT2D eigenvalue weighted by atomic mass is 10.1. The fraction of sp³-hybridized carbons (Fsp3) is 0.533. The molecular weight excluding hydrogens is 276 g/mol. The van der Waals surface area contributed by atoms with Crippen molar-refractivity contribution in [3.05, 3.63) is 34.9 Å². The predicted octanol–water partition coefficient (Wildman–Crippen LogP) is 2.49. The number of carbonyl (C=O) groups is 1. The molecule has 0 radical (unpaired) electrons. The highest BCUT2D eigenvalue weighted by Gasteiger charge is 2.23. The van der Waals surface area contributed by atoms with Crippen molar-refractivity contribution in [3.8, 4) is 0 Å². The predicted molar refractivity (Wildman–Crippen MR) is 80.1 cm³/mol. The van der Waals surface area contributed by atoms with E-state index >= 15 is 0 Å². The standard InChI is InChI=1S/C15H21ClN2O2/c1-12(13-4-2-3-5-14(13)16)18-10-8-17(9-11-18)7-6-15(19)20/h2-5,12H,6-11H2,1H3,(H,19,20)/t12-/m0/s1. The van der Waals surface area contributed by atoms with E-state index in [9.17, 15) is 4.79 Å². The van der Waals surface area contributed by atoms with Crippen molar-refractivity contribution in [1.82, 2.24) is 9.80 Å². The highest BCUT2D eigenvalue weighted by Crippen LogP contribution is 2.27. The summed E-state index contributed by atoms with van der Waals surface area (Å²) >= 11 is 6.25. The number of halogens is 1. The van der Waals surface area contributed by atoms with Crippen LogP contribution < -0.4 is 0 Å². The lowest BCUT2D eigenvalue weighted by molar-refractivity contribution is -0.137. The molecule has 0 aliphatic carbocycles. The van der Waals surface area contributed by atoms with Crippen molar-refractivity contribution in [2.75, 3.05) is 32.7 Å². The Labute approximate surface area is 124 Å². The van der Waals surface area contributed by atoms with E-state index in [-0.39, 0.29) is 6.42 Å². The minimum Gasteiger partial charge on any atom is -0.481 e. The van der Waals surface area contributed by atoms with Crippen LogP contribution in [0.2, 0.25) is 5.02 Å². The summed E-state index contributed by atoms with van der Waals surface area (Å²) in [4.78, 5) is 15.2. The third kappa shape index (κ3) is 3.95. The second-order valence-electron chi connectivity index (χ2n) is 5.22. The summed E-state index contributed by atoms with van der Waals surface area (Å²) in [6.45, 7) is 6.56. The average molecular weight is 297 g/mol. The SMILES string of the molecule is C[C@@H](c1ccccc1Cl)N1CCN(CCC(=O)O)CC1. The third-order valence-corrected chi connectivity index (χ3v) is 4.30. The number of carboxylic acid groups (broad SMARTS) is 1. The van der Waals surface area contributed by atoms with Crippen LogP contribution in [-0.2, 0) is 4.79 Å². The molecule has 0 unspecified atom stereocenters. The summed E-state index contributed by atoms with van der Waals surface area (Å²) in [7, 11) is 0. The summed E-state index contributed by atoms with van der Waals surface area (Å²) in [6.07, 6.45) is 0.222. The maximum atomic E-state index is 10.6. The molecule has 0 amide bonds. The number of rotatable bonds is 5. The molecule has 2 rings (SSSR count). The molecule has 1 N–H and O–H groups in total. The molecule has 4 nitrogen and oxygen atoms in total. The van der Waals surface area contributed by atoms with E-state index in [1.54, 1.807) is 0 Å². The molecule has 5 heteroatoms. The minimum atomic E-state index is -0.725. The summed E-state index contributed by atoms with van der Waals surface area (Å²) < 4.78 is 0. The maximum Gasteiger partial charge on any atom is 0.304 e. The summed E-state index contributed by atoms with van der Waals surface area (Å²) in [5, 5.41) is 9.53. The van der Waals surface area contributed by atoms with Gasteiger partial charge in [0.15, 0.2) is 0 Å². The van der Waals surface area contributed by atoms with Crippen LogP contribution in [-0.4, -0.2) is 53.6 Å². The number of carboxylic acids is 1. The van der Waals surface area contributed by atoms with Gasteiger partial charge in [-0.1, -0.05) is 29.8 Å². The smallest absolute Gasteiger partial charge is 0.304 e.